The van der Waals surface area contributed by atoms with Crippen LogP contribution in [0.1, 0.15) is 39.4 Å². The number of halogens is 1. The minimum Gasteiger partial charge on any atom is -0.444 e. The number of hydrogen-bond acceptors (Lipinski definition) is 8. The van der Waals surface area contributed by atoms with Gasteiger partial charge in [0.1, 0.15) is 17.2 Å². The molecule has 31 heavy (non-hydrogen) atoms. The maximum Gasteiger partial charge on any atom is 0.410 e. The predicted molar refractivity (Wildman–Crippen MR) is 120 cm³/mol. The summed E-state index contributed by atoms with van der Waals surface area (Å²) in [6.07, 6.45) is 2.88. The van der Waals surface area contributed by atoms with Crippen LogP contribution in [0.2, 0.25) is 0 Å². The molecular formula is C20H25BrN8O2. The number of benzene rings is 1. The number of ether oxygens (including phenoxy) is 1. The van der Waals surface area contributed by atoms with Crippen LogP contribution in [0, 0.1) is 11.3 Å². The Hall–Kier alpha value is -3.13. The van der Waals surface area contributed by atoms with Gasteiger partial charge in [0.15, 0.2) is 0 Å². The third-order valence-corrected chi connectivity index (χ3v) is 5.06. The largest absolute Gasteiger partial charge is 0.444 e. The fraction of sp³-hybridized carbons (Fsp3) is 0.450. The van der Waals surface area contributed by atoms with Crippen LogP contribution < -0.4 is 10.6 Å². The molecule has 164 valence electrons. The number of nitrogens with zero attached hydrogens (tertiary/aromatic N) is 5. The smallest absolute Gasteiger partial charge is 0.410 e. The van der Waals surface area contributed by atoms with Gasteiger partial charge in [-0.1, -0.05) is 15.9 Å². The summed E-state index contributed by atoms with van der Waals surface area (Å²) in [4.78, 5) is 14.0. The average Bonchev–Trinajstić information content (AvgIpc) is 3.24. The SMILES string of the molecule is CC(C)(C)OC(=O)N1CCC(Nc2ccc(Br)cc2NC=C(C#N)c2nn[nH]n2)CC1. The number of piperidine rings is 1. The molecule has 0 saturated carbocycles. The first-order valence-electron chi connectivity index (χ1n) is 9.90. The fourth-order valence-electron chi connectivity index (χ4n) is 3.09. The number of anilines is 2. The lowest BCUT2D eigenvalue weighted by Gasteiger charge is -2.34. The second-order valence-electron chi connectivity index (χ2n) is 8.13. The quantitative estimate of drug-likeness (QED) is 0.541. The number of amides is 1. The molecule has 3 N–H and O–H groups in total. The van der Waals surface area contributed by atoms with Crippen LogP contribution in [0.15, 0.2) is 28.9 Å². The highest BCUT2D eigenvalue weighted by Crippen LogP contribution is 2.29. The van der Waals surface area contributed by atoms with E-state index in [0.717, 1.165) is 28.7 Å². The second-order valence-corrected chi connectivity index (χ2v) is 9.04. The molecule has 11 heteroatoms. The number of hydrogen-bond donors (Lipinski definition) is 3. The molecule has 1 saturated heterocycles. The third kappa shape index (κ3) is 6.42. The Morgan fingerprint density at radius 2 is 2.10 bits per heavy atom. The summed E-state index contributed by atoms with van der Waals surface area (Å²) < 4.78 is 6.36. The number of aromatic nitrogens is 4. The molecule has 2 aromatic rings. The number of aromatic amines is 1. The lowest BCUT2D eigenvalue weighted by atomic mass is 10.0. The number of rotatable bonds is 5. The van der Waals surface area contributed by atoms with Crippen molar-refractivity contribution >= 4 is 39.0 Å². The number of likely N-dealkylation sites (tertiary alicyclic amines) is 1. The molecule has 0 atom stereocenters. The van der Waals surface area contributed by atoms with Crippen molar-refractivity contribution < 1.29 is 9.53 Å². The summed E-state index contributed by atoms with van der Waals surface area (Å²) in [5, 5.41) is 29.5. The molecule has 1 amide bonds. The van der Waals surface area contributed by atoms with Gasteiger partial charge < -0.3 is 20.3 Å². The molecule has 0 spiro atoms. The van der Waals surface area contributed by atoms with Crippen LogP contribution in [-0.4, -0.2) is 56.3 Å². The van der Waals surface area contributed by atoms with Crippen molar-refractivity contribution in [2.75, 3.05) is 23.7 Å². The first kappa shape index (κ1) is 22.6. The molecule has 1 aromatic carbocycles. The molecule has 0 radical (unpaired) electrons. The summed E-state index contributed by atoms with van der Waals surface area (Å²) >= 11 is 3.48. The minimum absolute atomic E-state index is 0.206. The van der Waals surface area contributed by atoms with E-state index in [2.05, 4.69) is 53.3 Å². The van der Waals surface area contributed by atoms with E-state index in [1.807, 2.05) is 39.0 Å². The van der Waals surface area contributed by atoms with Crippen LogP contribution in [0.25, 0.3) is 5.57 Å². The standard InChI is InChI=1S/C20H25BrN8O2/c1-20(2,3)31-19(30)29-8-6-15(7-9-29)24-16-5-4-14(21)10-17(16)23-12-13(11-22)18-25-27-28-26-18/h4-5,10,12,15,23-24H,6-9H2,1-3H3,(H,25,26,27,28). The number of H-pyrrole nitrogens is 1. The van der Waals surface area contributed by atoms with Gasteiger partial charge in [-0.2, -0.15) is 10.5 Å². The van der Waals surface area contributed by atoms with E-state index in [1.54, 1.807) is 11.1 Å². The number of carbonyl (C=O) groups excluding carboxylic acids is 1. The highest BCUT2D eigenvalue weighted by atomic mass is 79.9. The van der Waals surface area contributed by atoms with Gasteiger partial charge >= 0.3 is 6.09 Å². The normalized spacial score (nSPS) is 15.3. The molecule has 1 aliphatic rings. The molecule has 2 heterocycles. The summed E-state index contributed by atoms with van der Waals surface area (Å²) in [6.45, 7) is 6.86. The van der Waals surface area contributed by atoms with Crippen LogP contribution in [0.4, 0.5) is 16.2 Å². The molecular weight excluding hydrogens is 464 g/mol. The van der Waals surface area contributed by atoms with Crippen molar-refractivity contribution in [1.82, 2.24) is 25.5 Å². The Bertz CT molecular complexity index is 970. The summed E-state index contributed by atoms with van der Waals surface area (Å²) in [5.74, 6) is 0.217. The molecule has 1 fully saturated rings. The van der Waals surface area contributed by atoms with Crippen molar-refractivity contribution in [3.05, 3.63) is 34.7 Å². The maximum atomic E-state index is 12.3. The number of tetrazole rings is 1. The summed E-state index contributed by atoms with van der Waals surface area (Å²) in [5.41, 5.74) is 1.44. The van der Waals surface area contributed by atoms with Crippen LogP contribution >= 0.6 is 15.9 Å². The van der Waals surface area contributed by atoms with Crippen molar-refractivity contribution in [3.8, 4) is 6.07 Å². The van der Waals surface area contributed by atoms with Crippen LogP contribution in [0.5, 0.6) is 0 Å². The van der Waals surface area contributed by atoms with Gasteiger partial charge in [-0.15, -0.1) is 10.2 Å². The Balaban J connectivity index is 1.64. The third-order valence-electron chi connectivity index (χ3n) is 4.57. The van der Waals surface area contributed by atoms with E-state index in [9.17, 15) is 10.1 Å². The predicted octanol–water partition coefficient (Wildman–Crippen LogP) is 3.75. The lowest BCUT2D eigenvalue weighted by Crippen LogP contribution is -2.44. The van der Waals surface area contributed by atoms with Crippen molar-refractivity contribution in [3.63, 3.8) is 0 Å². The topological polar surface area (TPSA) is 132 Å². The van der Waals surface area contributed by atoms with E-state index in [4.69, 9.17) is 4.74 Å². The van der Waals surface area contributed by atoms with Gasteiger partial charge in [0.05, 0.1) is 11.4 Å². The number of nitriles is 1. The Kier molecular flexibility index (Phi) is 7.12. The van der Waals surface area contributed by atoms with E-state index in [0.29, 0.717) is 13.1 Å². The summed E-state index contributed by atoms with van der Waals surface area (Å²) in [7, 11) is 0. The van der Waals surface area contributed by atoms with Gasteiger partial charge in [0.2, 0.25) is 5.82 Å². The van der Waals surface area contributed by atoms with E-state index < -0.39 is 5.60 Å². The summed E-state index contributed by atoms with van der Waals surface area (Å²) in [6, 6.07) is 8.08. The molecule has 3 rings (SSSR count). The minimum atomic E-state index is -0.499. The number of carbonyl (C=O) groups is 1. The zero-order chi connectivity index (χ0) is 22.4. The van der Waals surface area contributed by atoms with Gasteiger partial charge in [-0.05, 0) is 57.0 Å². The maximum absolute atomic E-state index is 12.3. The number of allylic oxidation sites excluding steroid dienone is 1. The van der Waals surface area contributed by atoms with Gasteiger partial charge in [0.25, 0.3) is 0 Å². The first-order chi connectivity index (χ1) is 14.7. The molecule has 10 nitrogen and oxygen atoms in total. The van der Waals surface area contributed by atoms with E-state index in [1.165, 1.54) is 0 Å². The van der Waals surface area contributed by atoms with Gasteiger partial charge in [-0.25, -0.2) is 4.79 Å². The number of nitrogens with one attached hydrogen (secondary N) is 3. The zero-order valence-corrected chi connectivity index (χ0v) is 19.2. The van der Waals surface area contributed by atoms with Gasteiger partial charge in [0, 0.05) is 29.8 Å². The zero-order valence-electron chi connectivity index (χ0n) is 17.6. The lowest BCUT2D eigenvalue weighted by molar-refractivity contribution is 0.0210. The van der Waals surface area contributed by atoms with Crippen molar-refractivity contribution in [2.24, 2.45) is 0 Å². The van der Waals surface area contributed by atoms with Crippen molar-refractivity contribution in [1.29, 1.82) is 5.26 Å². The van der Waals surface area contributed by atoms with Crippen LogP contribution in [0.3, 0.4) is 0 Å². The van der Waals surface area contributed by atoms with Gasteiger partial charge in [-0.3, -0.25) is 0 Å². The molecule has 0 aliphatic carbocycles. The highest BCUT2D eigenvalue weighted by molar-refractivity contribution is 9.10. The monoisotopic (exact) mass is 488 g/mol. The molecule has 1 aliphatic heterocycles. The highest BCUT2D eigenvalue weighted by Gasteiger charge is 2.27. The first-order valence-corrected chi connectivity index (χ1v) is 10.7. The van der Waals surface area contributed by atoms with Crippen LogP contribution in [-0.2, 0) is 4.74 Å². The van der Waals surface area contributed by atoms with E-state index in [-0.39, 0.29) is 23.5 Å². The molecule has 0 bridgehead atoms. The van der Waals surface area contributed by atoms with E-state index >= 15 is 0 Å². The second kappa shape index (κ2) is 9.78. The molecule has 1 aromatic heterocycles. The Labute approximate surface area is 189 Å². The Morgan fingerprint density at radius 1 is 1.35 bits per heavy atom. The van der Waals surface area contributed by atoms with Crippen molar-refractivity contribution in [2.45, 2.75) is 45.3 Å². The Morgan fingerprint density at radius 3 is 2.71 bits per heavy atom. The average molecular weight is 489 g/mol. The molecule has 0 unspecified atom stereocenters. The fourth-order valence-corrected chi connectivity index (χ4v) is 3.45.